The lowest BCUT2D eigenvalue weighted by molar-refractivity contribution is -0.148. The first-order chi connectivity index (χ1) is 9.10. The zero-order valence-electron chi connectivity index (χ0n) is 10.7. The summed E-state index contributed by atoms with van der Waals surface area (Å²) in [6, 6.07) is -0.796. The van der Waals surface area contributed by atoms with E-state index in [1.807, 2.05) is 0 Å². The van der Waals surface area contributed by atoms with Crippen molar-refractivity contribution in [3.05, 3.63) is 10.4 Å². The second kappa shape index (κ2) is 7.60. The Hall–Kier alpha value is -1.79. The van der Waals surface area contributed by atoms with Gasteiger partial charge in [0, 0.05) is 24.4 Å². The Bertz CT molecular complexity index is 381. The summed E-state index contributed by atoms with van der Waals surface area (Å²) in [4.78, 5) is 27.1. The number of hydrogen-bond acceptors (Lipinski definition) is 4. The number of nitrogens with two attached hydrogens (primary N) is 1. The van der Waals surface area contributed by atoms with Crippen molar-refractivity contribution >= 4 is 11.9 Å². The lowest BCUT2D eigenvalue weighted by Gasteiger charge is -2.24. The molecule has 3 N–H and O–H groups in total. The predicted molar refractivity (Wildman–Crippen MR) is 68.2 cm³/mol. The average Bonchev–Trinajstić information content (AvgIpc) is 2.73. The van der Waals surface area contributed by atoms with Gasteiger partial charge in [-0.15, -0.1) is 0 Å². The topological polar surface area (TPSA) is 132 Å². The molecule has 8 nitrogen and oxygen atoms in total. The van der Waals surface area contributed by atoms with Crippen LogP contribution in [0.4, 0.5) is 0 Å². The van der Waals surface area contributed by atoms with Gasteiger partial charge in [0.15, 0.2) is 0 Å². The molecule has 1 aliphatic heterocycles. The molecule has 0 bridgehead atoms. The third-order valence-corrected chi connectivity index (χ3v) is 3.23. The molecule has 1 amide bonds. The van der Waals surface area contributed by atoms with Crippen LogP contribution in [0, 0.1) is 5.92 Å². The van der Waals surface area contributed by atoms with Crippen molar-refractivity contribution in [3.63, 3.8) is 0 Å². The molecule has 0 aromatic carbocycles. The number of likely N-dealkylation sites (tertiary alicyclic amines) is 1. The van der Waals surface area contributed by atoms with E-state index in [1.165, 1.54) is 4.90 Å². The first kappa shape index (κ1) is 15.3. The summed E-state index contributed by atoms with van der Waals surface area (Å²) >= 11 is 0. The van der Waals surface area contributed by atoms with Crippen molar-refractivity contribution in [1.29, 1.82) is 0 Å². The minimum Gasteiger partial charge on any atom is -0.480 e. The molecule has 106 valence electrons. The van der Waals surface area contributed by atoms with Crippen LogP contribution in [0.5, 0.6) is 0 Å². The van der Waals surface area contributed by atoms with E-state index < -0.39 is 12.0 Å². The summed E-state index contributed by atoms with van der Waals surface area (Å²) < 4.78 is 0. The fraction of sp³-hybridized carbons (Fsp3) is 0.818. The van der Waals surface area contributed by atoms with Gasteiger partial charge in [0.1, 0.15) is 6.04 Å². The van der Waals surface area contributed by atoms with Crippen LogP contribution in [0.1, 0.15) is 25.7 Å². The molecule has 1 rings (SSSR count). The molecule has 19 heavy (non-hydrogen) atoms. The minimum absolute atomic E-state index is 0.0836. The molecule has 2 atom stereocenters. The molecule has 0 aliphatic carbocycles. The van der Waals surface area contributed by atoms with Gasteiger partial charge in [-0.3, -0.25) is 4.79 Å². The lowest BCUT2D eigenvalue weighted by atomic mass is 10.1. The second-order valence-electron chi connectivity index (χ2n) is 4.67. The molecule has 1 aliphatic rings. The van der Waals surface area contributed by atoms with Crippen LogP contribution in [-0.2, 0) is 9.59 Å². The van der Waals surface area contributed by atoms with E-state index in [0.29, 0.717) is 25.9 Å². The fourth-order valence-corrected chi connectivity index (χ4v) is 2.28. The molecule has 0 radical (unpaired) electrons. The number of carbonyl (C=O) groups excluding carboxylic acids is 1. The number of amides is 1. The molecule has 0 saturated carbocycles. The van der Waals surface area contributed by atoms with Gasteiger partial charge in [-0.25, -0.2) is 4.79 Å². The lowest BCUT2D eigenvalue weighted by Crippen LogP contribution is -2.42. The van der Waals surface area contributed by atoms with Crippen LogP contribution in [-0.4, -0.2) is 47.6 Å². The van der Waals surface area contributed by atoms with E-state index in [9.17, 15) is 14.7 Å². The van der Waals surface area contributed by atoms with Gasteiger partial charge in [0.2, 0.25) is 5.91 Å². The van der Waals surface area contributed by atoms with E-state index in [1.54, 1.807) is 0 Å². The summed E-state index contributed by atoms with van der Waals surface area (Å²) in [5.41, 5.74) is 13.6. The highest BCUT2D eigenvalue weighted by Gasteiger charge is 2.36. The van der Waals surface area contributed by atoms with Gasteiger partial charge >= 0.3 is 5.97 Å². The van der Waals surface area contributed by atoms with Crippen LogP contribution < -0.4 is 5.73 Å². The monoisotopic (exact) mass is 269 g/mol. The maximum Gasteiger partial charge on any atom is 0.326 e. The van der Waals surface area contributed by atoms with Crippen molar-refractivity contribution in [2.24, 2.45) is 16.8 Å². The molecular formula is C11H19N5O3. The normalized spacial score (nSPS) is 20.2. The average molecular weight is 269 g/mol. The highest BCUT2D eigenvalue weighted by atomic mass is 16.4. The van der Waals surface area contributed by atoms with Gasteiger partial charge < -0.3 is 15.7 Å². The fourth-order valence-electron chi connectivity index (χ4n) is 2.28. The Kier molecular flexibility index (Phi) is 6.11. The van der Waals surface area contributed by atoms with Crippen molar-refractivity contribution in [2.75, 3.05) is 19.6 Å². The van der Waals surface area contributed by atoms with Crippen molar-refractivity contribution in [1.82, 2.24) is 4.90 Å². The highest BCUT2D eigenvalue weighted by molar-refractivity contribution is 5.85. The molecule has 0 aromatic rings. The number of carboxylic acid groups (broad SMARTS) is 1. The van der Waals surface area contributed by atoms with Crippen molar-refractivity contribution in [3.8, 4) is 0 Å². The summed E-state index contributed by atoms with van der Waals surface area (Å²) in [6.45, 7) is 1.09. The van der Waals surface area contributed by atoms with Gasteiger partial charge in [-0.1, -0.05) is 5.11 Å². The Labute approximate surface area is 111 Å². The summed E-state index contributed by atoms with van der Waals surface area (Å²) in [7, 11) is 0. The number of hydrogen-bond donors (Lipinski definition) is 2. The van der Waals surface area contributed by atoms with E-state index in [0.717, 1.165) is 6.42 Å². The molecule has 1 fully saturated rings. The molecule has 1 heterocycles. The third-order valence-electron chi connectivity index (χ3n) is 3.23. The van der Waals surface area contributed by atoms with E-state index >= 15 is 0 Å². The van der Waals surface area contributed by atoms with E-state index in [2.05, 4.69) is 10.0 Å². The summed E-state index contributed by atoms with van der Waals surface area (Å²) in [5.74, 6) is -1.26. The molecular weight excluding hydrogens is 250 g/mol. The van der Waals surface area contributed by atoms with Crippen LogP contribution >= 0.6 is 0 Å². The van der Waals surface area contributed by atoms with Gasteiger partial charge in [0.05, 0.1) is 0 Å². The largest absolute Gasteiger partial charge is 0.480 e. The van der Waals surface area contributed by atoms with Crippen LogP contribution in [0.2, 0.25) is 0 Å². The number of nitrogens with zero attached hydrogens (tertiary/aromatic N) is 4. The molecule has 0 aromatic heterocycles. The van der Waals surface area contributed by atoms with E-state index in [-0.39, 0.29) is 24.8 Å². The SMILES string of the molecule is [N-]=[N+]=NCC1CC(=O)N(C(CCCCN)C(=O)O)C1. The molecule has 1 saturated heterocycles. The minimum atomic E-state index is -0.991. The van der Waals surface area contributed by atoms with Crippen LogP contribution in [0.25, 0.3) is 10.4 Å². The number of azide groups is 1. The Morgan fingerprint density at radius 1 is 1.63 bits per heavy atom. The van der Waals surface area contributed by atoms with Gasteiger partial charge in [0.25, 0.3) is 0 Å². The first-order valence-electron chi connectivity index (χ1n) is 6.33. The summed E-state index contributed by atoms with van der Waals surface area (Å²) in [5, 5.41) is 12.6. The Balaban J connectivity index is 2.61. The Morgan fingerprint density at radius 2 is 2.37 bits per heavy atom. The first-order valence-corrected chi connectivity index (χ1v) is 6.33. The van der Waals surface area contributed by atoms with E-state index in [4.69, 9.17) is 11.3 Å². The number of unbranched alkanes of at least 4 members (excludes halogenated alkanes) is 1. The maximum atomic E-state index is 11.8. The van der Waals surface area contributed by atoms with Crippen LogP contribution in [0.15, 0.2) is 5.11 Å². The number of rotatable bonds is 8. The predicted octanol–water partition coefficient (Wildman–Crippen LogP) is 0.727. The quantitative estimate of drug-likeness (QED) is 0.291. The number of carbonyl (C=O) groups is 2. The third kappa shape index (κ3) is 4.42. The van der Waals surface area contributed by atoms with Gasteiger partial charge in [-0.05, 0) is 37.3 Å². The van der Waals surface area contributed by atoms with Crippen LogP contribution in [0.3, 0.4) is 0 Å². The zero-order chi connectivity index (χ0) is 14.3. The molecule has 0 spiro atoms. The van der Waals surface area contributed by atoms with Crippen molar-refractivity contribution in [2.45, 2.75) is 31.7 Å². The zero-order valence-corrected chi connectivity index (χ0v) is 10.7. The number of aliphatic carboxylic acids is 1. The maximum absolute atomic E-state index is 11.8. The second-order valence-corrected chi connectivity index (χ2v) is 4.67. The van der Waals surface area contributed by atoms with Gasteiger partial charge in [-0.2, -0.15) is 0 Å². The standard InChI is InChI=1S/C11H19N5O3/c12-4-2-1-3-9(11(18)19)16-7-8(5-10(16)17)6-14-15-13/h8-9H,1-7,12H2,(H,18,19). The Morgan fingerprint density at radius 3 is 2.95 bits per heavy atom. The number of carboxylic acids is 1. The molecule has 2 unspecified atom stereocenters. The summed E-state index contributed by atoms with van der Waals surface area (Å²) in [6.07, 6.45) is 2.08. The highest BCUT2D eigenvalue weighted by Crippen LogP contribution is 2.23. The smallest absolute Gasteiger partial charge is 0.326 e. The van der Waals surface area contributed by atoms with Crippen molar-refractivity contribution < 1.29 is 14.7 Å². The molecule has 8 heteroatoms.